The Balaban J connectivity index is 2.12. The Bertz CT molecular complexity index is 1050. The van der Waals surface area contributed by atoms with E-state index in [1.54, 1.807) is 19.3 Å². The van der Waals surface area contributed by atoms with E-state index in [4.69, 9.17) is 13.9 Å². The molecule has 0 fully saturated rings. The second-order valence-corrected chi connectivity index (χ2v) is 13.3. The molecule has 0 aliphatic rings. The van der Waals surface area contributed by atoms with Crippen LogP contribution in [0.5, 0.6) is 0 Å². The molecule has 0 atom stereocenters. The van der Waals surface area contributed by atoms with Crippen LogP contribution in [-0.4, -0.2) is 26.4 Å². The highest BCUT2D eigenvalue weighted by molar-refractivity contribution is 6.76. The first-order valence-electron chi connectivity index (χ1n) is 8.83. The smallest absolute Gasteiger partial charge is 0.345 e. The quantitative estimate of drug-likeness (QED) is 0.252. The van der Waals surface area contributed by atoms with Crippen molar-refractivity contribution in [2.24, 2.45) is 0 Å². The number of nitrogens with zero attached hydrogens (tertiary/aromatic N) is 1. The summed E-state index contributed by atoms with van der Waals surface area (Å²) in [4.78, 5) is 12.4. The van der Waals surface area contributed by atoms with E-state index in [9.17, 15) is 9.18 Å². The Morgan fingerprint density at radius 1 is 1.22 bits per heavy atom. The molecule has 1 aromatic carbocycles. The second-order valence-electron chi connectivity index (χ2n) is 7.68. The van der Waals surface area contributed by atoms with Gasteiger partial charge >= 0.3 is 5.63 Å². The molecule has 0 unspecified atom stereocenters. The van der Waals surface area contributed by atoms with Crippen molar-refractivity contribution in [1.29, 1.82) is 0 Å². The first kappa shape index (κ1) is 19.4. The third kappa shape index (κ3) is 4.31. The van der Waals surface area contributed by atoms with Gasteiger partial charge in [0.25, 0.3) is 0 Å². The lowest BCUT2D eigenvalue weighted by Gasteiger charge is -2.16. The van der Waals surface area contributed by atoms with Gasteiger partial charge in [-0.25, -0.2) is 9.18 Å². The van der Waals surface area contributed by atoms with Crippen LogP contribution in [0.3, 0.4) is 0 Å². The van der Waals surface area contributed by atoms with Crippen LogP contribution in [0.2, 0.25) is 25.7 Å². The summed E-state index contributed by atoms with van der Waals surface area (Å²) in [5.74, 6) is -0.390. The number of rotatable bonds is 7. The number of fused-ring (bicyclic) bond motifs is 3. The molecule has 2 heterocycles. The van der Waals surface area contributed by atoms with Crippen molar-refractivity contribution in [2.75, 3.05) is 13.7 Å². The van der Waals surface area contributed by atoms with Crippen LogP contribution in [0.15, 0.2) is 39.7 Å². The molecule has 5 nitrogen and oxygen atoms in total. The minimum Gasteiger partial charge on any atom is -0.504 e. The van der Waals surface area contributed by atoms with E-state index < -0.39 is 13.7 Å². The zero-order valence-corrected chi connectivity index (χ0v) is 17.0. The number of aromatic nitrogens is 1. The minimum atomic E-state index is -1.21. The molecule has 144 valence electrons. The average molecular weight is 389 g/mol. The number of hydrogen-bond acceptors (Lipinski definition) is 4. The van der Waals surface area contributed by atoms with E-state index in [0.717, 1.165) is 11.7 Å². The van der Waals surface area contributed by atoms with Crippen molar-refractivity contribution in [3.8, 4) is 0 Å². The van der Waals surface area contributed by atoms with E-state index in [1.165, 1.54) is 24.5 Å². The normalized spacial score (nSPS) is 12.5. The number of halogens is 1. The van der Waals surface area contributed by atoms with Gasteiger partial charge in [0.05, 0.1) is 24.3 Å². The van der Waals surface area contributed by atoms with Crippen LogP contribution in [0.4, 0.5) is 4.39 Å². The molecule has 27 heavy (non-hydrogen) atoms. The summed E-state index contributed by atoms with van der Waals surface area (Å²) in [6, 6.07) is 6.87. The summed E-state index contributed by atoms with van der Waals surface area (Å²) in [6.07, 6.45) is 3.27. The molecule has 0 N–H and O–H groups in total. The largest absolute Gasteiger partial charge is 0.504 e. The molecule has 2 aromatic heterocycles. The number of benzene rings is 1. The molecule has 0 amide bonds. The van der Waals surface area contributed by atoms with Gasteiger partial charge in [-0.15, -0.1) is 0 Å². The lowest BCUT2D eigenvalue weighted by atomic mass is 10.2. The lowest BCUT2D eigenvalue weighted by molar-refractivity contribution is 0.0899. The molecule has 0 bridgehead atoms. The maximum atomic E-state index is 13.9. The fourth-order valence-electron chi connectivity index (χ4n) is 2.89. The van der Waals surface area contributed by atoms with Crippen molar-refractivity contribution < 1.29 is 18.3 Å². The van der Waals surface area contributed by atoms with Gasteiger partial charge in [0, 0.05) is 25.8 Å². The van der Waals surface area contributed by atoms with E-state index in [-0.39, 0.29) is 12.5 Å². The van der Waals surface area contributed by atoms with Crippen molar-refractivity contribution in [3.63, 3.8) is 0 Å². The summed E-state index contributed by atoms with van der Waals surface area (Å²) in [5, 5.41) is 0.924. The maximum absolute atomic E-state index is 13.9. The van der Waals surface area contributed by atoms with E-state index in [0.29, 0.717) is 28.5 Å². The zero-order chi connectivity index (χ0) is 19.6. The van der Waals surface area contributed by atoms with Crippen LogP contribution in [0, 0.1) is 5.82 Å². The predicted octanol–water partition coefficient (Wildman–Crippen LogP) is 4.82. The number of methoxy groups -OCH3 is 1. The lowest BCUT2D eigenvalue weighted by Crippen LogP contribution is -2.22. The van der Waals surface area contributed by atoms with Gasteiger partial charge in [0.2, 0.25) is 0 Å². The highest BCUT2D eigenvalue weighted by Gasteiger charge is 2.17. The van der Waals surface area contributed by atoms with Crippen LogP contribution < -0.4 is 5.63 Å². The van der Waals surface area contributed by atoms with E-state index >= 15 is 0 Å². The minimum absolute atomic E-state index is 0.256. The average Bonchev–Trinajstić information content (AvgIpc) is 2.96. The molecular formula is C20H24FNO4Si. The second kappa shape index (κ2) is 7.70. The van der Waals surface area contributed by atoms with Crippen molar-refractivity contribution in [1.82, 2.24) is 4.57 Å². The summed E-state index contributed by atoms with van der Waals surface area (Å²) in [5.41, 5.74) is 1.21. The topological polar surface area (TPSA) is 53.6 Å². The van der Waals surface area contributed by atoms with Gasteiger partial charge in [-0.3, -0.25) is 0 Å². The summed E-state index contributed by atoms with van der Waals surface area (Å²) < 4.78 is 32.0. The van der Waals surface area contributed by atoms with Gasteiger partial charge in [0.1, 0.15) is 18.1 Å². The standard InChI is InChI=1S/C20H24FNO4Si/c1-24-8-7-15-12-17-19(22(15)13-25-9-10-27(2,3)4)16-11-14(21)5-6-18(16)26-20(17)23/h5-8,11-12H,9-10,13H2,1-4H3/b8-7+. The van der Waals surface area contributed by atoms with Crippen molar-refractivity contribution >= 4 is 36.0 Å². The molecule has 0 saturated carbocycles. The fraction of sp³-hybridized carbons (Fsp3) is 0.350. The van der Waals surface area contributed by atoms with Crippen LogP contribution in [0.1, 0.15) is 5.69 Å². The first-order chi connectivity index (χ1) is 12.8. The van der Waals surface area contributed by atoms with Gasteiger partial charge in [-0.1, -0.05) is 19.6 Å². The van der Waals surface area contributed by atoms with Crippen molar-refractivity contribution in [3.05, 3.63) is 52.5 Å². The van der Waals surface area contributed by atoms with Crippen LogP contribution in [0.25, 0.3) is 27.9 Å². The van der Waals surface area contributed by atoms with Gasteiger partial charge in [-0.05, 0) is 36.4 Å². The van der Waals surface area contributed by atoms with Gasteiger partial charge in [0.15, 0.2) is 0 Å². The number of ether oxygens (including phenoxy) is 2. The Morgan fingerprint density at radius 2 is 2.00 bits per heavy atom. The van der Waals surface area contributed by atoms with Crippen LogP contribution in [-0.2, 0) is 16.2 Å². The molecular weight excluding hydrogens is 365 g/mol. The van der Waals surface area contributed by atoms with E-state index in [1.807, 2.05) is 4.57 Å². The molecule has 3 rings (SSSR count). The van der Waals surface area contributed by atoms with E-state index in [2.05, 4.69) is 19.6 Å². The van der Waals surface area contributed by atoms with Crippen LogP contribution >= 0.6 is 0 Å². The number of hydrogen-bond donors (Lipinski definition) is 0. The summed E-state index contributed by atoms with van der Waals surface area (Å²) in [6.45, 7) is 7.75. The predicted molar refractivity (Wildman–Crippen MR) is 108 cm³/mol. The first-order valence-corrected chi connectivity index (χ1v) is 12.5. The van der Waals surface area contributed by atoms with Crippen molar-refractivity contribution in [2.45, 2.75) is 32.4 Å². The van der Waals surface area contributed by atoms with Gasteiger partial charge < -0.3 is 18.5 Å². The molecule has 0 radical (unpaired) electrons. The molecule has 0 aliphatic heterocycles. The van der Waals surface area contributed by atoms with Gasteiger partial charge in [-0.2, -0.15) is 0 Å². The fourth-order valence-corrected chi connectivity index (χ4v) is 3.65. The highest BCUT2D eigenvalue weighted by Crippen LogP contribution is 2.27. The summed E-state index contributed by atoms with van der Waals surface area (Å²) in [7, 11) is 0.338. The molecule has 3 aromatic rings. The Hall–Kier alpha value is -2.38. The maximum Gasteiger partial charge on any atom is 0.345 e. The molecule has 7 heteroatoms. The third-order valence-corrected chi connectivity index (χ3v) is 6.04. The monoisotopic (exact) mass is 389 g/mol. The summed E-state index contributed by atoms with van der Waals surface area (Å²) >= 11 is 0. The zero-order valence-electron chi connectivity index (χ0n) is 16.0. The molecule has 0 saturated heterocycles. The Morgan fingerprint density at radius 3 is 2.70 bits per heavy atom. The molecule has 0 aliphatic carbocycles. The third-order valence-electron chi connectivity index (χ3n) is 4.34. The highest BCUT2D eigenvalue weighted by atomic mass is 28.3. The SMILES string of the molecule is CO/C=C/c1cc2c(=O)oc3ccc(F)cc3c2n1COCC[Si](C)(C)C. The Kier molecular flexibility index (Phi) is 5.52. The Labute approximate surface area is 158 Å². The molecule has 0 spiro atoms.